The molecule has 0 bridgehead atoms. The highest BCUT2D eigenvalue weighted by Gasteiger charge is 2.15. The van der Waals surface area contributed by atoms with E-state index < -0.39 is 10.8 Å². The zero-order chi connectivity index (χ0) is 16.1. The molecule has 0 aliphatic rings. The number of nitrogens with zero attached hydrogens (tertiary/aromatic N) is 2. The van der Waals surface area contributed by atoms with Crippen LogP contribution in [-0.2, 0) is 0 Å². The first kappa shape index (κ1) is 15.5. The van der Waals surface area contributed by atoms with E-state index in [1.807, 2.05) is 0 Å². The number of rotatable bonds is 4. The van der Waals surface area contributed by atoms with Crippen molar-refractivity contribution in [1.82, 2.24) is 5.43 Å². The number of nitrogens with one attached hydrogen (secondary N) is 1. The fourth-order valence-electron chi connectivity index (χ4n) is 1.62. The summed E-state index contributed by atoms with van der Waals surface area (Å²) in [6.07, 6.45) is 1.26. The van der Waals surface area contributed by atoms with Crippen molar-refractivity contribution in [1.29, 1.82) is 0 Å². The van der Waals surface area contributed by atoms with Crippen LogP contribution >= 0.6 is 11.6 Å². The number of phenolic OH excluding ortho intramolecular Hbond substituents is 1. The quantitative estimate of drug-likeness (QED) is 0.513. The van der Waals surface area contributed by atoms with Gasteiger partial charge in [0.2, 0.25) is 0 Å². The lowest BCUT2D eigenvalue weighted by atomic mass is 10.2. The van der Waals surface area contributed by atoms with Crippen molar-refractivity contribution in [3.8, 4) is 5.75 Å². The Morgan fingerprint density at radius 3 is 2.73 bits per heavy atom. The van der Waals surface area contributed by atoms with Crippen LogP contribution in [0.15, 0.2) is 47.6 Å². The maximum atomic E-state index is 11.9. The summed E-state index contributed by atoms with van der Waals surface area (Å²) in [5.74, 6) is -0.617. The number of aromatic hydroxyl groups is 1. The number of para-hydroxylation sites is 1. The molecule has 0 aliphatic heterocycles. The van der Waals surface area contributed by atoms with Crippen LogP contribution in [0.2, 0.25) is 5.02 Å². The Hall–Kier alpha value is -2.93. The van der Waals surface area contributed by atoms with Crippen molar-refractivity contribution < 1.29 is 14.8 Å². The first-order valence-corrected chi connectivity index (χ1v) is 6.42. The molecule has 0 heterocycles. The fraction of sp³-hybridized carbons (Fsp3) is 0. The Bertz CT molecular complexity index is 762. The van der Waals surface area contributed by atoms with Gasteiger partial charge in [-0.2, -0.15) is 5.10 Å². The zero-order valence-corrected chi connectivity index (χ0v) is 11.8. The molecule has 2 aromatic rings. The Kier molecular flexibility index (Phi) is 4.70. The fourth-order valence-corrected chi connectivity index (χ4v) is 1.80. The number of carbonyl (C=O) groups is 1. The summed E-state index contributed by atoms with van der Waals surface area (Å²) < 4.78 is 0. The van der Waals surface area contributed by atoms with E-state index in [-0.39, 0.29) is 22.0 Å². The van der Waals surface area contributed by atoms with E-state index in [1.54, 1.807) is 18.2 Å². The van der Waals surface area contributed by atoms with Gasteiger partial charge in [0, 0.05) is 17.2 Å². The Balaban J connectivity index is 2.12. The Labute approximate surface area is 130 Å². The van der Waals surface area contributed by atoms with Crippen LogP contribution in [0.25, 0.3) is 0 Å². The van der Waals surface area contributed by atoms with Gasteiger partial charge in [0.1, 0.15) is 10.8 Å². The van der Waals surface area contributed by atoms with Crippen LogP contribution in [0.1, 0.15) is 15.9 Å². The molecule has 1 amide bonds. The average Bonchev–Trinajstić information content (AvgIpc) is 2.49. The van der Waals surface area contributed by atoms with Gasteiger partial charge < -0.3 is 5.11 Å². The lowest BCUT2D eigenvalue weighted by Crippen LogP contribution is -2.17. The minimum absolute atomic E-state index is 0.0163. The van der Waals surface area contributed by atoms with Gasteiger partial charge in [-0.25, -0.2) is 5.43 Å². The number of halogens is 1. The average molecular weight is 320 g/mol. The molecular weight excluding hydrogens is 310 g/mol. The lowest BCUT2D eigenvalue weighted by molar-refractivity contribution is -0.384. The number of phenols is 1. The first-order valence-electron chi connectivity index (χ1n) is 6.04. The number of amides is 1. The van der Waals surface area contributed by atoms with Crippen molar-refractivity contribution in [2.45, 2.75) is 0 Å². The molecule has 2 N–H and O–H groups in total. The molecule has 0 saturated heterocycles. The highest BCUT2D eigenvalue weighted by atomic mass is 35.5. The van der Waals surface area contributed by atoms with Crippen molar-refractivity contribution in [2.75, 3.05) is 0 Å². The normalized spacial score (nSPS) is 10.6. The van der Waals surface area contributed by atoms with E-state index in [4.69, 9.17) is 11.6 Å². The molecular formula is C14H10ClN3O4. The van der Waals surface area contributed by atoms with Gasteiger partial charge in [0.05, 0.1) is 11.1 Å². The molecule has 2 aromatic carbocycles. The number of hydrogen-bond acceptors (Lipinski definition) is 5. The van der Waals surface area contributed by atoms with E-state index in [9.17, 15) is 20.0 Å². The number of nitro benzene ring substituents is 1. The highest BCUT2D eigenvalue weighted by molar-refractivity contribution is 6.32. The van der Waals surface area contributed by atoms with Crippen LogP contribution in [0.4, 0.5) is 5.69 Å². The summed E-state index contributed by atoms with van der Waals surface area (Å²) in [6.45, 7) is 0. The van der Waals surface area contributed by atoms with Gasteiger partial charge in [0.25, 0.3) is 11.6 Å². The van der Waals surface area contributed by atoms with Crippen LogP contribution in [0.5, 0.6) is 5.75 Å². The maximum Gasteiger partial charge on any atom is 0.288 e. The number of benzene rings is 2. The zero-order valence-electron chi connectivity index (χ0n) is 11.1. The third-order valence-electron chi connectivity index (χ3n) is 2.71. The molecule has 0 unspecified atom stereocenters. The van der Waals surface area contributed by atoms with Crippen LogP contribution in [0.3, 0.4) is 0 Å². The van der Waals surface area contributed by atoms with Crippen molar-refractivity contribution >= 4 is 29.4 Å². The molecule has 0 saturated carbocycles. The summed E-state index contributed by atoms with van der Waals surface area (Å²) in [5.41, 5.74) is 2.32. The second-order valence-corrected chi connectivity index (χ2v) is 4.59. The molecule has 0 spiro atoms. The van der Waals surface area contributed by atoms with E-state index in [0.717, 1.165) is 6.07 Å². The SMILES string of the molecule is O=C(N/N=C\c1ccccc1O)c1ccc(Cl)c([N+](=O)[O-])c1. The lowest BCUT2D eigenvalue weighted by Gasteiger charge is -2.01. The van der Waals surface area contributed by atoms with Gasteiger partial charge in [-0.3, -0.25) is 14.9 Å². The predicted octanol–water partition coefficient (Wildman–Crippen LogP) is 2.72. The number of nitro groups is 1. The van der Waals surface area contributed by atoms with E-state index in [0.29, 0.717) is 5.56 Å². The van der Waals surface area contributed by atoms with Crippen molar-refractivity contribution in [2.24, 2.45) is 5.10 Å². The van der Waals surface area contributed by atoms with Crippen LogP contribution in [0, 0.1) is 10.1 Å². The first-order chi connectivity index (χ1) is 10.5. The highest BCUT2D eigenvalue weighted by Crippen LogP contribution is 2.24. The largest absolute Gasteiger partial charge is 0.507 e. The van der Waals surface area contributed by atoms with Gasteiger partial charge >= 0.3 is 0 Å². The van der Waals surface area contributed by atoms with E-state index in [2.05, 4.69) is 10.5 Å². The van der Waals surface area contributed by atoms with Crippen LogP contribution < -0.4 is 5.43 Å². The third-order valence-corrected chi connectivity index (χ3v) is 3.03. The molecule has 2 rings (SSSR count). The van der Waals surface area contributed by atoms with Gasteiger partial charge in [-0.05, 0) is 24.3 Å². The van der Waals surface area contributed by atoms with Gasteiger partial charge in [-0.1, -0.05) is 23.7 Å². The second kappa shape index (κ2) is 6.68. The molecule has 0 fully saturated rings. The molecule has 7 nitrogen and oxygen atoms in total. The Morgan fingerprint density at radius 2 is 2.05 bits per heavy atom. The molecule has 0 aliphatic carbocycles. The Morgan fingerprint density at radius 1 is 1.32 bits per heavy atom. The summed E-state index contributed by atoms with van der Waals surface area (Å²) in [5, 5.41) is 23.9. The number of hydrazone groups is 1. The van der Waals surface area contributed by atoms with E-state index >= 15 is 0 Å². The van der Waals surface area contributed by atoms with Gasteiger partial charge in [-0.15, -0.1) is 0 Å². The minimum Gasteiger partial charge on any atom is -0.507 e. The maximum absolute atomic E-state index is 11.9. The van der Waals surface area contributed by atoms with E-state index in [1.165, 1.54) is 24.4 Å². The standard InChI is InChI=1S/C14H10ClN3O4/c15-11-6-5-9(7-12(11)18(21)22)14(20)17-16-8-10-3-1-2-4-13(10)19/h1-8,19H,(H,17,20)/b16-8-. The summed E-state index contributed by atoms with van der Waals surface area (Å²) in [6, 6.07) is 10.1. The molecule has 0 radical (unpaired) electrons. The molecule has 112 valence electrons. The monoisotopic (exact) mass is 319 g/mol. The smallest absolute Gasteiger partial charge is 0.288 e. The number of hydrogen-bond donors (Lipinski definition) is 2. The molecule has 22 heavy (non-hydrogen) atoms. The number of carbonyl (C=O) groups excluding carboxylic acids is 1. The minimum atomic E-state index is -0.676. The summed E-state index contributed by atoms with van der Waals surface area (Å²) in [4.78, 5) is 21.9. The third kappa shape index (κ3) is 3.58. The second-order valence-electron chi connectivity index (χ2n) is 4.18. The van der Waals surface area contributed by atoms with Crippen molar-refractivity contribution in [3.63, 3.8) is 0 Å². The van der Waals surface area contributed by atoms with Crippen LogP contribution in [-0.4, -0.2) is 22.2 Å². The molecule has 0 atom stereocenters. The summed E-state index contributed by atoms with van der Waals surface area (Å²) >= 11 is 5.67. The summed E-state index contributed by atoms with van der Waals surface area (Å²) in [7, 11) is 0. The predicted molar refractivity (Wildman–Crippen MR) is 81.3 cm³/mol. The molecule has 8 heteroatoms. The van der Waals surface area contributed by atoms with Crippen molar-refractivity contribution in [3.05, 3.63) is 68.7 Å². The van der Waals surface area contributed by atoms with Gasteiger partial charge in [0.15, 0.2) is 0 Å². The molecule has 0 aromatic heterocycles. The topological polar surface area (TPSA) is 105 Å².